The van der Waals surface area contributed by atoms with Crippen molar-refractivity contribution in [3.63, 3.8) is 0 Å². The Morgan fingerprint density at radius 2 is 1.78 bits per heavy atom. The van der Waals surface area contributed by atoms with Gasteiger partial charge in [-0.15, -0.1) is 0 Å². The Labute approximate surface area is 139 Å². The summed E-state index contributed by atoms with van der Waals surface area (Å²) < 4.78 is 5.32. The lowest BCUT2D eigenvalue weighted by Crippen LogP contribution is -2.20. The summed E-state index contributed by atoms with van der Waals surface area (Å²) in [4.78, 5) is 22.8. The minimum atomic E-state index is -0.683. The first kappa shape index (κ1) is 17.0. The summed E-state index contributed by atoms with van der Waals surface area (Å²) in [7, 11) is 0. The van der Waals surface area contributed by atoms with Crippen LogP contribution in [0.3, 0.4) is 0 Å². The maximum atomic E-state index is 12.5. The summed E-state index contributed by atoms with van der Waals surface area (Å²) in [5.41, 5.74) is 1.10. The van der Waals surface area contributed by atoms with Crippen molar-refractivity contribution in [3.8, 4) is 0 Å². The van der Waals surface area contributed by atoms with Gasteiger partial charge in [0.05, 0.1) is 11.0 Å². The Bertz CT molecular complexity index is 716. The van der Waals surface area contributed by atoms with Crippen LogP contribution in [0, 0.1) is 10.1 Å². The minimum Gasteiger partial charge on any atom is -0.462 e. The molecule has 120 valence electrons. The lowest BCUT2D eigenvalue weighted by atomic mass is 9.91. The molecule has 0 aromatic heterocycles. The number of carbonyl (C=O) groups is 1. The Morgan fingerprint density at radius 1 is 1.13 bits per heavy atom. The molecule has 2 aromatic rings. The van der Waals surface area contributed by atoms with Crippen molar-refractivity contribution >= 4 is 23.3 Å². The number of rotatable bonds is 5. The molecule has 6 heteroatoms. The smallest absolute Gasteiger partial charge is 0.318 e. The van der Waals surface area contributed by atoms with Gasteiger partial charge in [0.25, 0.3) is 5.69 Å². The Balaban J connectivity index is 2.47. The van der Waals surface area contributed by atoms with Crippen LogP contribution in [0.5, 0.6) is 0 Å². The van der Waals surface area contributed by atoms with E-state index in [4.69, 9.17) is 16.3 Å². The highest BCUT2D eigenvalue weighted by atomic mass is 35.5. The van der Waals surface area contributed by atoms with Crippen molar-refractivity contribution in [2.24, 2.45) is 0 Å². The third kappa shape index (κ3) is 4.07. The molecule has 0 aliphatic heterocycles. The molecule has 0 N–H and O–H groups in total. The molecule has 0 saturated heterocycles. The number of nitro groups is 1. The Hall–Kier alpha value is -2.40. The molecular formula is C17H16ClNO4. The normalized spacial score (nSPS) is 12.0. The number of hydrogen-bond donors (Lipinski definition) is 0. The molecule has 0 aliphatic carbocycles. The van der Waals surface area contributed by atoms with E-state index in [9.17, 15) is 14.9 Å². The van der Waals surface area contributed by atoms with Gasteiger partial charge in [-0.1, -0.05) is 48.0 Å². The maximum Gasteiger partial charge on any atom is 0.318 e. The molecule has 0 amide bonds. The van der Waals surface area contributed by atoms with E-state index in [1.54, 1.807) is 13.8 Å². The van der Waals surface area contributed by atoms with E-state index in [1.165, 1.54) is 18.2 Å². The minimum absolute atomic E-state index is 0.00854. The zero-order chi connectivity index (χ0) is 17.0. The molecule has 0 spiro atoms. The maximum absolute atomic E-state index is 12.5. The number of nitro benzene ring substituents is 1. The van der Waals surface area contributed by atoms with E-state index in [0.717, 1.165) is 5.56 Å². The quantitative estimate of drug-likeness (QED) is 0.464. The first-order valence-corrected chi connectivity index (χ1v) is 7.47. The van der Waals surface area contributed by atoms with Crippen LogP contribution in [-0.2, 0) is 9.53 Å². The molecule has 23 heavy (non-hydrogen) atoms. The Morgan fingerprint density at radius 3 is 2.30 bits per heavy atom. The van der Waals surface area contributed by atoms with Crippen molar-refractivity contribution in [2.75, 3.05) is 0 Å². The molecule has 1 atom stereocenters. The van der Waals surface area contributed by atoms with Crippen LogP contribution in [0.1, 0.15) is 30.9 Å². The molecule has 0 aliphatic rings. The van der Waals surface area contributed by atoms with Crippen molar-refractivity contribution < 1.29 is 14.5 Å². The summed E-state index contributed by atoms with van der Waals surface area (Å²) in [6.07, 6.45) is -0.262. The average molecular weight is 334 g/mol. The lowest BCUT2D eigenvalue weighted by Gasteiger charge is -2.19. The van der Waals surface area contributed by atoms with Gasteiger partial charge in [0.2, 0.25) is 0 Å². The SMILES string of the molecule is CC(C)OC(=O)[C@@H](c1ccccc1)c1ccc([N+](=O)[O-])c(Cl)c1. The zero-order valence-corrected chi connectivity index (χ0v) is 13.5. The third-order valence-corrected chi connectivity index (χ3v) is 3.52. The van der Waals surface area contributed by atoms with Gasteiger partial charge in [0.1, 0.15) is 10.9 Å². The molecule has 2 aromatic carbocycles. The molecule has 0 unspecified atom stereocenters. The number of halogens is 1. The highest BCUT2D eigenvalue weighted by Crippen LogP contribution is 2.32. The summed E-state index contributed by atoms with van der Waals surface area (Å²) in [5, 5.41) is 10.9. The highest BCUT2D eigenvalue weighted by molar-refractivity contribution is 6.32. The van der Waals surface area contributed by atoms with Gasteiger partial charge in [0, 0.05) is 6.07 Å². The molecule has 0 saturated carbocycles. The van der Waals surface area contributed by atoms with E-state index < -0.39 is 16.8 Å². The number of carbonyl (C=O) groups excluding carboxylic acids is 1. The van der Waals surface area contributed by atoms with E-state index >= 15 is 0 Å². The molecular weight excluding hydrogens is 318 g/mol. The van der Waals surface area contributed by atoms with Gasteiger partial charge in [-0.25, -0.2) is 0 Å². The standard InChI is InChI=1S/C17H16ClNO4/c1-11(2)23-17(20)16(12-6-4-3-5-7-12)13-8-9-15(19(21)22)14(18)10-13/h3-11,16H,1-2H3/t16-/m0/s1. The van der Waals surface area contributed by atoms with Gasteiger partial charge in [0.15, 0.2) is 0 Å². The lowest BCUT2D eigenvalue weighted by molar-refractivity contribution is -0.384. The van der Waals surface area contributed by atoms with Gasteiger partial charge in [-0.3, -0.25) is 14.9 Å². The van der Waals surface area contributed by atoms with E-state index in [2.05, 4.69) is 0 Å². The van der Waals surface area contributed by atoms with Crippen LogP contribution >= 0.6 is 11.6 Å². The second-order valence-electron chi connectivity index (χ2n) is 5.30. The molecule has 0 fully saturated rings. The zero-order valence-electron chi connectivity index (χ0n) is 12.7. The molecule has 0 bridgehead atoms. The Kier molecular flexibility index (Phi) is 5.34. The second-order valence-corrected chi connectivity index (χ2v) is 5.70. The number of hydrogen-bond acceptors (Lipinski definition) is 4. The van der Waals surface area contributed by atoms with Gasteiger partial charge in [-0.05, 0) is 31.0 Å². The van der Waals surface area contributed by atoms with Gasteiger partial charge >= 0.3 is 5.97 Å². The predicted octanol–water partition coefficient (Wildman–Crippen LogP) is 4.33. The number of nitrogens with zero attached hydrogens (tertiary/aromatic N) is 1. The monoisotopic (exact) mass is 333 g/mol. The van der Waals surface area contributed by atoms with Crippen LogP contribution in [0.4, 0.5) is 5.69 Å². The third-order valence-electron chi connectivity index (χ3n) is 3.22. The van der Waals surface area contributed by atoms with Crippen molar-refractivity contribution in [1.82, 2.24) is 0 Å². The van der Waals surface area contributed by atoms with Crippen LogP contribution in [0.25, 0.3) is 0 Å². The average Bonchev–Trinajstić information content (AvgIpc) is 2.47. The summed E-state index contributed by atoms with van der Waals surface area (Å²) >= 11 is 5.97. The summed E-state index contributed by atoms with van der Waals surface area (Å²) in [6.45, 7) is 3.53. The first-order valence-electron chi connectivity index (χ1n) is 7.09. The fourth-order valence-electron chi connectivity index (χ4n) is 2.26. The number of ether oxygens (including phenoxy) is 1. The van der Waals surface area contributed by atoms with Crippen LogP contribution in [-0.4, -0.2) is 17.0 Å². The highest BCUT2D eigenvalue weighted by Gasteiger charge is 2.26. The number of esters is 1. The predicted molar refractivity (Wildman–Crippen MR) is 87.6 cm³/mol. The first-order chi connectivity index (χ1) is 10.9. The second kappa shape index (κ2) is 7.24. The topological polar surface area (TPSA) is 69.4 Å². The van der Waals surface area contributed by atoms with Crippen molar-refractivity contribution in [1.29, 1.82) is 0 Å². The molecule has 0 heterocycles. The van der Waals surface area contributed by atoms with Crippen molar-refractivity contribution in [2.45, 2.75) is 25.9 Å². The largest absolute Gasteiger partial charge is 0.462 e. The fraction of sp³-hybridized carbons (Fsp3) is 0.235. The molecule has 5 nitrogen and oxygen atoms in total. The van der Waals surface area contributed by atoms with Crippen LogP contribution in [0.2, 0.25) is 5.02 Å². The van der Waals surface area contributed by atoms with E-state index in [1.807, 2.05) is 30.3 Å². The van der Waals surface area contributed by atoms with E-state index in [-0.39, 0.29) is 16.8 Å². The van der Waals surface area contributed by atoms with Gasteiger partial charge < -0.3 is 4.74 Å². The summed E-state index contributed by atoms with van der Waals surface area (Å²) in [5.74, 6) is -1.10. The van der Waals surface area contributed by atoms with Gasteiger partial charge in [-0.2, -0.15) is 0 Å². The fourth-order valence-corrected chi connectivity index (χ4v) is 2.52. The number of benzene rings is 2. The van der Waals surface area contributed by atoms with Crippen LogP contribution < -0.4 is 0 Å². The van der Waals surface area contributed by atoms with E-state index in [0.29, 0.717) is 5.56 Å². The van der Waals surface area contributed by atoms with Crippen LogP contribution in [0.15, 0.2) is 48.5 Å². The van der Waals surface area contributed by atoms with Crippen molar-refractivity contribution in [3.05, 3.63) is 74.8 Å². The molecule has 0 radical (unpaired) electrons. The molecule has 2 rings (SSSR count). The summed E-state index contributed by atoms with van der Waals surface area (Å²) in [6, 6.07) is 13.4.